The van der Waals surface area contributed by atoms with Crippen LogP contribution in [-0.4, -0.2) is 41.0 Å². The predicted octanol–water partition coefficient (Wildman–Crippen LogP) is 12.3. The van der Waals surface area contributed by atoms with Crippen LogP contribution in [0.2, 0.25) is 0 Å². The van der Waals surface area contributed by atoms with E-state index in [0.29, 0.717) is 0 Å². The Bertz CT molecular complexity index is 4400. The molecule has 336 valence electrons. The Labute approximate surface area is 413 Å². The number of imidazole rings is 4. The zero-order valence-corrected chi connectivity index (χ0v) is 40.5. The SMILES string of the molecule is C=C/C=C\c1nc2n(-c3cc(-c4ccc([Si](c5ccccc5)(c5ccccc5)c5ccc6sc7ccccc7c6c5)cc4)cc(-n4c5ccccc5n5c6ccccc6nc45)n3)c3ccccc3n2c1C. The number of rotatable bonds is 9. The van der Waals surface area contributed by atoms with Gasteiger partial charge in [0.05, 0.1) is 38.8 Å². The van der Waals surface area contributed by atoms with E-state index in [0.717, 1.165) is 78.8 Å². The number of aryl methyl sites for hydroxylation is 1. The van der Waals surface area contributed by atoms with Crippen molar-refractivity contribution >= 4 is 111 Å². The van der Waals surface area contributed by atoms with E-state index >= 15 is 0 Å². The molecule has 0 saturated heterocycles. The summed E-state index contributed by atoms with van der Waals surface area (Å²) in [5.74, 6) is 3.08. The molecule has 0 unspecified atom stereocenters. The summed E-state index contributed by atoms with van der Waals surface area (Å²) in [5.41, 5.74) is 10.1. The second kappa shape index (κ2) is 16.1. The molecule has 0 N–H and O–H groups in total. The molecule has 6 aromatic heterocycles. The number of thiophene rings is 1. The van der Waals surface area contributed by atoms with Crippen LogP contribution in [0.4, 0.5) is 0 Å². The van der Waals surface area contributed by atoms with Crippen molar-refractivity contribution in [2.45, 2.75) is 6.92 Å². The van der Waals surface area contributed by atoms with E-state index in [1.165, 1.54) is 40.9 Å². The van der Waals surface area contributed by atoms with Crippen LogP contribution in [0.1, 0.15) is 11.4 Å². The molecule has 14 rings (SSSR count). The number of hydrogen-bond acceptors (Lipinski definition) is 4. The van der Waals surface area contributed by atoms with Crippen LogP contribution in [0, 0.1) is 6.92 Å². The van der Waals surface area contributed by atoms with Gasteiger partial charge in [0, 0.05) is 25.9 Å². The summed E-state index contributed by atoms with van der Waals surface area (Å²) in [6.07, 6.45) is 5.75. The molecular formula is C62H43N7SSi. The highest BCUT2D eigenvalue weighted by molar-refractivity contribution is 7.26. The van der Waals surface area contributed by atoms with Crippen molar-refractivity contribution in [2.75, 3.05) is 0 Å². The molecule has 0 amide bonds. The fraction of sp³-hybridized carbons (Fsp3) is 0.0161. The zero-order valence-electron chi connectivity index (χ0n) is 38.7. The first-order valence-electron chi connectivity index (χ1n) is 23.9. The second-order valence-electron chi connectivity index (χ2n) is 18.1. The fourth-order valence-electron chi connectivity index (χ4n) is 11.2. The quantitative estimate of drug-likeness (QED) is 0.0823. The lowest BCUT2D eigenvalue weighted by molar-refractivity contribution is 0.980. The summed E-state index contributed by atoms with van der Waals surface area (Å²) in [6, 6.07) is 77.6. The first-order valence-corrected chi connectivity index (χ1v) is 26.7. The van der Waals surface area contributed by atoms with Gasteiger partial charge in [-0.15, -0.1) is 11.3 Å². The van der Waals surface area contributed by atoms with Gasteiger partial charge in [-0.1, -0.05) is 170 Å². The topological polar surface area (TPSA) is 57.3 Å². The van der Waals surface area contributed by atoms with Crippen molar-refractivity contribution in [1.29, 1.82) is 0 Å². The van der Waals surface area contributed by atoms with Gasteiger partial charge in [0.25, 0.3) is 0 Å². The summed E-state index contributed by atoms with van der Waals surface area (Å²) < 4.78 is 11.5. The van der Waals surface area contributed by atoms with Gasteiger partial charge >= 0.3 is 0 Å². The lowest BCUT2D eigenvalue weighted by Crippen LogP contribution is -2.74. The molecule has 9 heteroatoms. The molecule has 8 aromatic carbocycles. The molecule has 6 heterocycles. The minimum absolute atomic E-state index is 0.748. The Morgan fingerprint density at radius 3 is 1.66 bits per heavy atom. The van der Waals surface area contributed by atoms with Crippen molar-refractivity contribution in [3.8, 4) is 22.8 Å². The smallest absolute Gasteiger partial charge is 0.221 e. The summed E-state index contributed by atoms with van der Waals surface area (Å²) in [7, 11) is -2.91. The summed E-state index contributed by atoms with van der Waals surface area (Å²) >= 11 is 1.87. The number of para-hydroxylation sites is 6. The van der Waals surface area contributed by atoms with E-state index in [2.05, 4.69) is 238 Å². The van der Waals surface area contributed by atoms with Gasteiger partial charge in [-0.05, 0) is 106 Å². The lowest BCUT2D eigenvalue weighted by atomic mass is 10.1. The van der Waals surface area contributed by atoms with Gasteiger partial charge in [0.15, 0.2) is 8.07 Å². The first-order chi connectivity index (χ1) is 35.1. The van der Waals surface area contributed by atoms with Crippen molar-refractivity contribution < 1.29 is 0 Å². The van der Waals surface area contributed by atoms with Crippen LogP contribution < -0.4 is 20.7 Å². The average Bonchev–Trinajstić information content (AvgIpc) is 4.23. The molecule has 0 aliphatic heterocycles. The maximum absolute atomic E-state index is 5.63. The third kappa shape index (κ3) is 6.16. The standard InChI is InChI=1S/C62H43N7SSi/c1-3-4-24-50-41(2)66-53-27-14-16-29-55(53)68(61(66)63-50)59-38-43(39-60(65-59)69-56-30-17-15-28-54(56)67-52-26-13-12-25-51(52)64-62(67)69)42-32-34-46(35-33-42)71(44-19-7-5-8-20-44,45-21-9-6-10-22-45)47-36-37-58-49(40-47)48-23-11-18-31-57(48)70-58/h3-40H,1H2,2H3/b24-4-. The third-order valence-corrected chi connectivity index (χ3v) is 20.2. The molecular weight excluding hydrogens is 903 g/mol. The van der Waals surface area contributed by atoms with Crippen LogP contribution in [0.25, 0.3) is 93.7 Å². The molecule has 7 nitrogen and oxygen atoms in total. The van der Waals surface area contributed by atoms with Crippen molar-refractivity contribution in [3.63, 3.8) is 0 Å². The van der Waals surface area contributed by atoms with Gasteiger partial charge in [0.1, 0.15) is 11.6 Å². The zero-order chi connectivity index (χ0) is 47.2. The van der Waals surface area contributed by atoms with Crippen molar-refractivity contribution in [3.05, 3.63) is 242 Å². The van der Waals surface area contributed by atoms with Gasteiger partial charge in [-0.25, -0.2) is 15.0 Å². The number of nitrogens with zero attached hydrogens (tertiary/aromatic N) is 7. The van der Waals surface area contributed by atoms with Crippen LogP contribution in [0.3, 0.4) is 0 Å². The number of benzene rings is 8. The molecule has 0 fully saturated rings. The number of aromatic nitrogens is 7. The second-order valence-corrected chi connectivity index (χ2v) is 23.0. The van der Waals surface area contributed by atoms with Crippen LogP contribution in [-0.2, 0) is 0 Å². The molecule has 0 bridgehead atoms. The van der Waals surface area contributed by atoms with E-state index in [-0.39, 0.29) is 0 Å². The summed E-state index contributed by atoms with van der Waals surface area (Å²) in [4.78, 5) is 16.2. The Hall–Kier alpha value is -8.89. The predicted molar refractivity (Wildman–Crippen MR) is 299 cm³/mol. The molecule has 0 spiro atoms. The van der Waals surface area contributed by atoms with Crippen molar-refractivity contribution in [2.24, 2.45) is 0 Å². The van der Waals surface area contributed by atoms with Crippen LogP contribution in [0.5, 0.6) is 0 Å². The van der Waals surface area contributed by atoms with E-state index in [9.17, 15) is 0 Å². The van der Waals surface area contributed by atoms with Crippen molar-refractivity contribution in [1.82, 2.24) is 32.9 Å². The van der Waals surface area contributed by atoms with E-state index in [1.54, 1.807) is 6.08 Å². The normalized spacial score (nSPS) is 12.3. The molecule has 71 heavy (non-hydrogen) atoms. The number of fused-ring (bicyclic) bond motifs is 11. The Kier molecular flexibility index (Phi) is 9.32. The van der Waals surface area contributed by atoms with Gasteiger partial charge < -0.3 is 0 Å². The lowest BCUT2D eigenvalue weighted by Gasteiger charge is -2.34. The highest BCUT2D eigenvalue weighted by Gasteiger charge is 2.41. The molecule has 0 atom stereocenters. The fourth-order valence-corrected chi connectivity index (χ4v) is 17.0. The maximum atomic E-state index is 5.63. The minimum atomic E-state index is -2.91. The third-order valence-electron chi connectivity index (χ3n) is 14.3. The van der Waals surface area contributed by atoms with Crippen LogP contribution in [0.15, 0.2) is 231 Å². The van der Waals surface area contributed by atoms with Gasteiger partial charge in [-0.2, -0.15) is 0 Å². The molecule has 0 radical (unpaired) electrons. The van der Waals surface area contributed by atoms with Gasteiger partial charge in [0.2, 0.25) is 11.6 Å². The average molecular weight is 946 g/mol. The Morgan fingerprint density at radius 2 is 0.986 bits per heavy atom. The minimum Gasteiger partial charge on any atom is -0.280 e. The van der Waals surface area contributed by atoms with E-state index in [4.69, 9.17) is 15.0 Å². The molecule has 0 aliphatic rings. The van der Waals surface area contributed by atoms with E-state index in [1.807, 2.05) is 29.6 Å². The van der Waals surface area contributed by atoms with Crippen LogP contribution >= 0.6 is 11.3 Å². The summed E-state index contributed by atoms with van der Waals surface area (Å²) in [6.45, 7) is 6.05. The monoisotopic (exact) mass is 945 g/mol. The molecule has 14 aromatic rings. The first kappa shape index (κ1) is 41.1. The Morgan fingerprint density at radius 1 is 0.451 bits per heavy atom. The highest BCUT2D eigenvalue weighted by Crippen LogP contribution is 2.36. The molecule has 0 saturated carbocycles. The number of allylic oxidation sites excluding steroid dienone is 2. The van der Waals surface area contributed by atoms with E-state index < -0.39 is 8.07 Å². The number of pyridine rings is 1. The molecule has 0 aliphatic carbocycles. The number of hydrogen-bond donors (Lipinski definition) is 0. The maximum Gasteiger partial charge on any atom is 0.221 e. The summed E-state index contributed by atoms with van der Waals surface area (Å²) in [5, 5.41) is 7.94. The Balaban J connectivity index is 1.03. The van der Waals surface area contributed by atoms with Gasteiger partial charge in [-0.3, -0.25) is 17.9 Å². The largest absolute Gasteiger partial charge is 0.280 e. The highest BCUT2D eigenvalue weighted by atomic mass is 32.1.